The number of methoxy groups -OCH3 is 2. The molecular weight excluding hydrogens is 284 g/mol. The Morgan fingerprint density at radius 2 is 1.77 bits per heavy atom. The summed E-state index contributed by atoms with van der Waals surface area (Å²) in [4.78, 5) is 16.4. The second-order valence-corrected chi connectivity index (χ2v) is 4.21. The molecule has 2 aromatic carbocycles. The normalized spacial score (nSPS) is 10.3. The van der Waals surface area contributed by atoms with Gasteiger partial charge in [0, 0.05) is 0 Å². The Bertz CT molecular complexity index is 653. The Balaban J connectivity index is 1.90. The molecule has 0 aromatic heterocycles. The summed E-state index contributed by atoms with van der Waals surface area (Å²) in [5.41, 5.74) is 1.29. The van der Waals surface area contributed by atoms with E-state index in [9.17, 15) is 4.79 Å². The van der Waals surface area contributed by atoms with Crippen LogP contribution in [0.15, 0.2) is 53.7 Å². The van der Waals surface area contributed by atoms with Crippen molar-refractivity contribution in [2.45, 2.75) is 0 Å². The number of carbonyl (C=O) groups is 1. The SMILES string of the molecule is COc1ccc(/C=N\OC(=O)Nc2ccccc2OC)cc1. The van der Waals surface area contributed by atoms with Crippen LogP contribution in [0.2, 0.25) is 0 Å². The molecular formula is C16H16N2O4. The molecule has 1 amide bonds. The number of hydrogen-bond acceptors (Lipinski definition) is 5. The van der Waals surface area contributed by atoms with Crippen molar-refractivity contribution in [3.05, 3.63) is 54.1 Å². The molecule has 0 fully saturated rings. The molecule has 2 rings (SSSR count). The molecule has 1 N–H and O–H groups in total. The number of amides is 1. The quantitative estimate of drug-likeness (QED) is 0.522. The minimum atomic E-state index is -0.700. The zero-order valence-corrected chi connectivity index (χ0v) is 12.3. The van der Waals surface area contributed by atoms with Crippen LogP contribution in [-0.4, -0.2) is 26.5 Å². The highest BCUT2D eigenvalue weighted by Crippen LogP contribution is 2.23. The topological polar surface area (TPSA) is 69.2 Å². The monoisotopic (exact) mass is 300 g/mol. The fraction of sp³-hybridized carbons (Fsp3) is 0.125. The van der Waals surface area contributed by atoms with E-state index in [1.807, 2.05) is 0 Å². The molecule has 6 nitrogen and oxygen atoms in total. The summed E-state index contributed by atoms with van der Waals surface area (Å²) in [6, 6.07) is 14.2. The highest BCUT2D eigenvalue weighted by Gasteiger charge is 2.07. The molecule has 0 aliphatic heterocycles. The largest absolute Gasteiger partial charge is 0.497 e. The fourth-order valence-electron chi connectivity index (χ4n) is 1.71. The highest BCUT2D eigenvalue weighted by molar-refractivity contribution is 5.87. The van der Waals surface area contributed by atoms with E-state index >= 15 is 0 Å². The number of rotatable bonds is 5. The van der Waals surface area contributed by atoms with Gasteiger partial charge < -0.3 is 9.47 Å². The lowest BCUT2D eigenvalue weighted by Crippen LogP contribution is -2.11. The van der Waals surface area contributed by atoms with Crippen molar-refractivity contribution in [1.29, 1.82) is 0 Å². The van der Waals surface area contributed by atoms with Crippen LogP contribution in [0.3, 0.4) is 0 Å². The van der Waals surface area contributed by atoms with Gasteiger partial charge in [0.25, 0.3) is 0 Å². The first-order valence-electron chi connectivity index (χ1n) is 6.51. The van der Waals surface area contributed by atoms with Crippen molar-refractivity contribution in [2.75, 3.05) is 19.5 Å². The van der Waals surface area contributed by atoms with Crippen molar-refractivity contribution in [3.63, 3.8) is 0 Å². The van der Waals surface area contributed by atoms with Crippen LogP contribution in [0.1, 0.15) is 5.56 Å². The van der Waals surface area contributed by atoms with E-state index in [1.54, 1.807) is 55.6 Å². The van der Waals surface area contributed by atoms with Crippen molar-refractivity contribution >= 4 is 18.0 Å². The van der Waals surface area contributed by atoms with Gasteiger partial charge in [-0.25, -0.2) is 4.79 Å². The van der Waals surface area contributed by atoms with Gasteiger partial charge in [0.2, 0.25) is 0 Å². The van der Waals surface area contributed by atoms with Crippen LogP contribution >= 0.6 is 0 Å². The van der Waals surface area contributed by atoms with E-state index in [4.69, 9.17) is 14.3 Å². The molecule has 0 aliphatic carbocycles. The average Bonchev–Trinajstić information content (AvgIpc) is 2.56. The molecule has 0 bridgehead atoms. The van der Waals surface area contributed by atoms with Gasteiger partial charge in [0.15, 0.2) is 0 Å². The summed E-state index contributed by atoms with van der Waals surface area (Å²) in [6.45, 7) is 0. The smallest absolute Gasteiger partial charge is 0.437 e. The number of hydrogen-bond donors (Lipinski definition) is 1. The standard InChI is InChI=1S/C16H16N2O4/c1-20-13-9-7-12(8-10-13)11-17-22-16(19)18-14-5-3-4-6-15(14)21-2/h3-11H,1-2H3,(H,18,19)/b17-11-. The summed E-state index contributed by atoms with van der Waals surface area (Å²) in [5, 5.41) is 6.18. The number of ether oxygens (including phenoxy) is 2. The Hall–Kier alpha value is -3.02. The van der Waals surface area contributed by atoms with Crippen molar-refractivity contribution in [2.24, 2.45) is 5.16 Å². The lowest BCUT2D eigenvalue weighted by atomic mass is 10.2. The van der Waals surface area contributed by atoms with Crippen molar-refractivity contribution in [1.82, 2.24) is 0 Å². The third kappa shape index (κ3) is 4.24. The predicted octanol–water partition coefficient (Wildman–Crippen LogP) is 3.29. The predicted molar refractivity (Wildman–Crippen MR) is 83.7 cm³/mol. The second kappa shape index (κ2) is 7.68. The minimum absolute atomic E-state index is 0.509. The molecule has 6 heteroatoms. The van der Waals surface area contributed by atoms with Gasteiger partial charge in [-0.1, -0.05) is 17.3 Å². The van der Waals surface area contributed by atoms with Crippen LogP contribution < -0.4 is 14.8 Å². The first-order valence-corrected chi connectivity index (χ1v) is 6.51. The Labute approximate surface area is 128 Å². The summed E-state index contributed by atoms with van der Waals surface area (Å²) in [6.07, 6.45) is 0.732. The second-order valence-electron chi connectivity index (χ2n) is 4.21. The third-order valence-corrected chi connectivity index (χ3v) is 2.80. The zero-order valence-electron chi connectivity index (χ0n) is 12.3. The van der Waals surface area contributed by atoms with E-state index in [2.05, 4.69) is 10.5 Å². The molecule has 0 saturated carbocycles. The maximum Gasteiger partial charge on any atom is 0.437 e. The van der Waals surface area contributed by atoms with E-state index in [0.717, 1.165) is 11.3 Å². The first-order chi connectivity index (χ1) is 10.7. The number of para-hydroxylation sites is 2. The Morgan fingerprint density at radius 3 is 2.45 bits per heavy atom. The van der Waals surface area contributed by atoms with Crippen molar-refractivity contribution < 1.29 is 19.1 Å². The molecule has 0 aliphatic rings. The van der Waals surface area contributed by atoms with E-state index in [-0.39, 0.29) is 0 Å². The maximum atomic E-state index is 11.6. The van der Waals surface area contributed by atoms with Gasteiger partial charge in [-0.2, -0.15) is 0 Å². The number of anilines is 1. The lowest BCUT2D eigenvalue weighted by molar-refractivity contribution is 0.167. The molecule has 0 saturated heterocycles. The van der Waals surface area contributed by atoms with Crippen LogP contribution in [0.4, 0.5) is 10.5 Å². The number of carbonyl (C=O) groups excluding carboxylic acids is 1. The van der Waals surface area contributed by atoms with E-state index in [0.29, 0.717) is 11.4 Å². The van der Waals surface area contributed by atoms with Crippen molar-refractivity contribution in [3.8, 4) is 11.5 Å². The maximum absolute atomic E-state index is 11.6. The van der Waals surface area contributed by atoms with E-state index in [1.165, 1.54) is 13.3 Å². The minimum Gasteiger partial charge on any atom is -0.497 e. The zero-order chi connectivity index (χ0) is 15.8. The van der Waals surface area contributed by atoms with Gasteiger partial charge in [0.05, 0.1) is 26.1 Å². The van der Waals surface area contributed by atoms with E-state index < -0.39 is 6.09 Å². The lowest BCUT2D eigenvalue weighted by Gasteiger charge is -2.07. The summed E-state index contributed by atoms with van der Waals surface area (Å²) in [5.74, 6) is 1.28. The highest BCUT2D eigenvalue weighted by atomic mass is 16.7. The van der Waals surface area contributed by atoms with Gasteiger partial charge in [-0.05, 0) is 42.0 Å². The Morgan fingerprint density at radius 1 is 1.05 bits per heavy atom. The van der Waals surface area contributed by atoms with Crippen LogP contribution in [0, 0.1) is 0 Å². The van der Waals surface area contributed by atoms with Gasteiger partial charge >= 0.3 is 6.09 Å². The number of nitrogens with zero attached hydrogens (tertiary/aromatic N) is 1. The molecule has 0 spiro atoms. The summed E-state index contributed by atoms with van der Waals surface area (Å²) in [7, 11) is 3.11. The third-order valence-electron chi connectivity index (χ3n) is 2.80. The number of benzene rings is 2. The van der Waals surface area contributed by atoms with Gasteiger partial charge in [-0.3, -0.25) is 10.2 Å². The molecule has 0 unspecified atom stereocenters. The van der Waals surface area contributed by atoms with Crippen LogP contribution in [0.5, 0.6) is 11.5 Å². The van der Waals surface area contributed by atoms with Crippen LogP contribution in [-0.2, 0) is 4.84 Å². The molecule has 114 valence electrons. The fourth-order valence-corrected chi connectivity index (χ4v) is 1.71. The Kier molecular flexibility index (Phi) is 5.37. The number of oxime groups is 1. The van der Waals surface area contributed by atoms with Crippen LogP contribution in [0.25, 0.3) is 0 Å². The van der Waals surface area contributed by atoms with Gasteiger partial charge in [-0.15, -0.1) is 0 Å². The average molecular weight is 300 g/mol. The van der Waals surface area contributed by atoms with Gasteiger partial charge in [0.1, 0.15) is 11.5 Å². The summed E-state index contributed by atoms with van der Waals surface area (Å²) < 4.78 is 10.2. The first kappa shape index (κ1) is 15.4. The molecule has 0 atom stereocenters. The molecule has 0 radical (unpaired) electrons. The molecule has 0 heterocycles. The molecule has 22 heavy (non-hydrogen) atoms. The molecule has 2 aromatic rings. The number of nitrogens with one attached hydrogen (secondary N) is 1. The summed E-state index contributed by atoms with van der Waals surface area (Å²) >= 11 is 0.